The van der Waals surface area contributed by atoms with Gasteiger partial charge in [0.2, 0.25) is 0 Å². The van der Waals surface area contributed by atoms with Crippen molar-refractivity contribution in [3.63, 3.8) is 0 Å². The van der Waals surface area contributed by atoms with Crippen LogP contribution in [0.5, 0.6) is 0 Å². The standard InChI is InChI=1S/C17H20.C2H6/c1-4-15-10-6-8-12-17(15)14(3)16-11-7-5-9-13(16)2;1-2/h5-12,14H,4H2,1-3H3;1-2H3. The summed E-state index contributed by atoms with van der Waals surface area (Å²) in [6.07, 6.45) is 1.10. The van der Waals surface area contributed by atoms with Gasteiger partial charge in [0.25, 0.3) is 0 Å². The van der Waals surface area contributed by atoms with Gasteiger partial charge in [-0.25, -0.2) is 0 Å². The van der Waals surface area contributed by atoms with Gasteiger partial charge in [-0.05, 0) is 35.6 Å². The summed E-state index contributed by atoms with van der Waals surface area (Å²) in [4.78, 5) is 0. The number of hydrogen-bond donors (Lipinski definition) is 0. The molecule has 2 aromatic carbocycles. The van der Waals surface area contributed by atoms with Gasteiger partial charge in [-0.15, -0.1) is 0 Å². The van der Waals surface area contributed by atoms with Crippen molar-refractivity contribution in [2.75, 3.05) is 0 Å². The van der Waals surface area contributed by atoms with Crippen molar-refractivity contribution in [3.8, 4) is 0 Å². The Balaban J connectivity index is 0.000000861. The van der Waals surface area contributed by atoms with E-state index >= 15 is 0 Å². The predicted octanol–water partition coefficient (Wildman–Crippen LogP) is 5.74. The first-order valence-corrected chi connectivity index (χ1v) is 7.37. The smallest absolute Gasteiger partial charge is 0.00663 e. The minimum atomic E-state index is 0.479. The molecule has 1 atom stereocenters. The predicted molar refractivity (Wildman–Crippen MR) is 85.9 cm³/mol. The highest BCUT2D eigenvalue weighted by Crippen LogP contribution is 2.29. The van der Waals surface area contributed by atoms with E-state index in [4.69, 9.17) is 0 Å². The molecule has 0 fully saturated rings. The van der Waals surface area contributed by atoms with Crippen molar-refractivity contribution in [1.82, 2.24) is 0 Å². The zero-order valence-electron chi connectivity index (χ0n) is 12.9. The molecule has 2 aromatic rings. The van der Waals surface area contributed by atoms with Crippen LogP contribution in [0.4, 0.5) is 0 Å². The van der Waals surface area contributed by atoms with Gasteiger partial charge in [-0.3, -0.25) is 0 Å². The van der Waals surface area contributed by atoms with Crippen LogP contribution in [-0.2, 0) is 6.42 Å². The highest BCUT2D eigenvalue weighted by atomic mass is 14.2. The molecule has 0 amide bonds. The lowest BCUT2D eigenvalue weighted by Crippen LogP contribution is -2.02. The highest BCUT2D eigenvalue weighted by Gasteiger charge is 2.12. The van der Waals surface area contributed by atoms with Gasteiger partial charge in [-0.2, -0.15) is 0 Å². The minimum absolute atomic E-state index is 0.479. The fraction of sp³-hybridized carbons (Fsp3) is 0.368. The lowest BCUT2D eigenvalue weighted by molar-refractivity contribution is 0.883. The molecular weight excluding hydrogens is 228 g/mol. The van der Waals surface area contributed by atoms with E-state index in [1.807, 2.05) is 13.8 Å². The molecule has 2 rings (SSSR count). The highest BCUT2D eigenvalue weighted by molar-refractivity contribution is 5.40. The Morgan fingerprint density at radius 2 is 1.37 bits per heavy atom. The zero-order valence-corrected chi connectivity index (χ0v) is 12.9. The number of rotatable bonds is 3. The molecule has 0 radical (unpaired) electrons. The third-order valence-corrected chi connectivity index (χ3v) is 3.56. The molecule has 0 aliphatic rings. The van der Waals surface area contributed by atoms with Gasteiger partial charge in [-0.1, -0.05) is 76.2 Å². The van der Waals surface area contributed by atoms with Gasteiger partial charge in [0.1, 0.15) is 0 Å². The molecule has 0 aliphatic carbocycles. The molecule has 0 bridgehead atoms. The summed E-state index contributed by atoms with van der Waals surface area (Å²) in [6, 6.07) is 17.5. The Bertz CT molecular complexity index is 497. The second kappa shape index (κ2) is 7.78. The van der Waals surface area contributed by atoms with Gasteiger partial charge in [0.05, 0.1) is 0 Å². The van der Waals surface area contributed by atoms with Crippen molar-refractivity contribution >= 4 is 0 Å². The third-order valence-electron chi connectivity index (χ3n) is 3.56. The van der Waals surface area contributed by atoms with Crippen LogP contribution in [0.15, 0.2) is 48.5 Å². The maximum Gasteiger partial charge on any atom is 0.00663 e. The molecule has 0 N–H and O–H groups in total. The molecule has 0 spiro atoms. The third kappa shape index (κ3) is 3.70. The largest absolute Gasteiger partial charge is 0.0683 e. The summed E-state index contributed by atoms with van der Waals surface area (Å²) in [5, 5.41) is 0. The van der Waals surface area contributed by atoms with Crippen molar-refractivity contribution in [2.45, 2.75) is 47.0 Å². The summed E-state index contributed by atoms with van der Waals surface area (Å²) >= 11 is 0. The SMILES string of the molecule is CC.CCc1ccccc1C(C)c1ccccc1C. The maximum absolute atomic E-state index is 2.30. The Kier molecular flexibility index (Phi) is 6.35. The molecule has 1 unspecified atom stereocenters. The number of aryl methyl sites for hydroxylation is 2. The van der Waals surface area contributed by atoms with Crippen molar-refractivity contribution in [1.29, 1.82) is 0 Å². The molecule has 0 heterocycles. The molecular formula is C19H26. The molecule has 0 saturated carbocycles. The molecule has 0 nitrogen and oxygen atoms in total. The van der Waals surface area contributed by atoms with Crippen molar-refractivity contribution in [3.05, 3.63) is 70.8 Å². The van der Waals surface area contributed by atoms with Crippen LogP contribution >= 0.6 is 0 Å². The van der Waals surface area contributed by atoms with E-state index in [0.717, 1.165) is 6.42 Å². The second-order valence-corrected chi connectivity index (χ2v) is 4.63. The van der Waals surface area contributed by atoms with E-state index < -0.39 is 0 Å². The zero-order chi connectivity index (χ0) is 14.3. The first kappa shape index (κ1) is 15.5. The van der Waals surface area contributed by atoms with E-state index in [-0.39, 0.29) is 0 Å². The lowest BCUT2D eigenvalue weighted by atomic mass is 9.87. The van der Waals surface area contributed by atoms with Crippen LogP contribution in [0.25, 0.3) is 0 Å². The fourth-order valence-electron chi connectivity index (χ4n) is 2.52. The number of hydrogen-bond acceptors (Lipinski definition) is 0. The molecule has 0 heteroatoms. The topological polar surface area (TPSA) is 0 Å². The van der Waals surface area contributed by atoms with Crippen LogP contribution in [0.2, 0.25) is 0 Å². The normalized spacial score (nSPS) is 11.4. The molecule has 19 heavy (non-hydrogen) atoms. The Morgan fingerprint density at radius 1 is 0.842 bits per heavy atom. The molecule has 0 aromatic heterocycles. The van der Waals surface area contributed by atoms with E-state index in [1.165, 1.54) is 22.3 Å². The van der Waals surface area contributed by atoms with Gasteiger partial charge in [0, 0.05) is 5.92 Å². The van der Waals surface area contributed by atoms with Crippen LogP contribution in [0.1, 0.15) is 55.9 Å². The van der Waals surface area contributed by atoms with E-state index in [1.54, 1.807) is 0 Å². The summed E-state index contributed by atoms with van der Waals surface area (Å²) < 4.78 is 0. The van der Waals surface area contributed by atoms with Crippen LogP contribution in [0, 0.1) is 6.92 Å². The van der Waals surface area contributed by atoms with Crippen molar-refractivity contribution in [2.24, 2.45) is 0 Å². The van der Waals surface area contributed by atoms with Crippen molar-refractivity contribution < 1.29 is 0 Å². The first-order valence-electron chi connectivity index (χ1n) is 7.37. The summed E-state index contributed by atoms with van der Waals surface area (Å²) in [5.41, 5.74) is 5.74. The Morgan fingerprint density at radius 3 is 1.95 bits per heavy atom. The first-order chi connectivity index (χ1) is 9.24. The number of benzene rings is 2. The minimum Gasteiger partial charge on any atom is -0.0683 e. The summed E-state index contributed by atoms with van der Waals surface area (Å²) in [5.74, 6) is 0.479. The van der Waals surface area contributed by atoms with Gasteiger partial charge >= 0.3 is 0 Å². The quantitative estimate of drug-likeness (QED) is 0.655. The van der Waals surface area contributed by atoms with Crippen LogP contribution < -0.4 is 0 Å². The Labute approximate surface area is 118 Å². The summed E-state index contributed by atoms with van der Waals surface area (Å²) in [6.45, 7) is 10.7. The average Bonchev–Trinajstić information content (AvgIpc) is 2.49. The van der Waals surface area contributed by atoms with Gasteiger partial charge in [0.15, 0.2) is 0 Å². The average molecular weight is 254 g/mol. The Hall–Kier alpha value is -1.56. The lowest BCUT2D eigenvalue weighted by Gasteiger charge is -2.18. The molecule has 0 aliphatic heterocycles. The maximum atomic E-state index is 2.30. The van der Waals surface area contributed by atoms with Gasteiger partial charge < -0.3 is 0 Å². The second-order valence-electron chi connectivity index (χ2n) is 4.63. The van der Waals surface area contributed by atoms with Crippen LogP contribution in [0.3, 0.4) is 0 Å². The van der Waals surface area contributed by atoms with Crippen LogP contribution in [-0.4, -0.2) is 0 Å². The summed E-state index contributed by atoms with van der Waals surface area (Å²) in [7, 11) is 0. The van der Waals surface area contributed by atoms with E-state index in [2.05, 4.69) is 69.3 Å². The monoisotopic (exact) mass is 254 g/mol. The molecule has 102 valence electrons. The fourth-order valence-corrected chi connectivity index (χ4v) is 2.52. The van der Waals surface area contributed by atoms with E-state index in [0.29, 0.717) is 5.92 Å². The van der Waals surface area contributed by atoms with E-state index in [9.17, 15) is 0 Å². The molecule has 0 saturated heterocycles.